The molecule has 2 aromatic rings. The van der Waals surface area contributed by atoms with Gasteiger partial charge in [0.05, 0.1) is 26.5 Å². The average molecular weight is 749 g/mol. The van der Waals surface area contributed by atoms with Crippen LogP contribution in [0.15, 0.2) is 48.6 Å². The predicted octanol–water partition coefficient (Wildman–Crippen LogP) is 10.9. The van der Waals surface area contributed by atoms with Crippen LogP contribution in [-0.2, 0) is 25.5 Å². The molecule has 0 bridgehead atoms. The van der Waals surface area contributed by atoms with Gasteiger partial charge in [-0.15, -0.1) is 0 Å². The molecule has 0 heterocycles. The molecule has 0 aromatic heterocycles. The van der Waals surface area contributed by atoms with Crippen LogP contribution in [0.3, 0.4) is 0 Å². The minimum atomic E-state index is -1.15. The van der Waals surface area contributed by atoms with E-state index in [1.807, 2.05) is 0 Å². The maximum absolute atomic E-state index is 15.4. The number of esters is 1. The Morgan fingerprint density at radius 3 is 2.02 bits per heavy atom. The van der Waals surface area contributed by atoms with Gasteiger partial charge in [0.25, 0.3) is 6.47 Å². The molecule has 0 amide bonds. The maximum atomic E-state index is 15.4. The van der Waals surface area contributed by atoms with Gasteiger partial charge in [0.2, 0.25) is 0 Å². The van der Waals surface area contributed by atoms with E-state index in [-0.39, 0.29) is 53.6 Å². The van der Waals surface area contributed by atoms with Crippen molar-refractivity contribution in [3.63, 3.8) is 0 Å². The van der Waals surface area contributed by atoms with Gasteiger partial charge >= 0.3 is 5.97 Å². The second-order valence-corrected chi connectivity index (χ2v) is 14.9. The van der Waals surface area contributed by atoms with Crippen LogP contribution in [0.1, 0.15) is 114 Å². The van der Waals surface area contributed by atoms with Gasteiger partial charge in [-0.2, -0.15) is 0 Å². The molecule has 10 heteroatoms. The first-order valence-electron chi connectivity index (χ1n) is 19.1. The summed E-state index contributed by atoms with van der Waals surface area (Å²) in [6.45, 7) is 11.2. The highest BCUT2D eigenvalue weighted by atomic mass is 19.2. The monoisotopic (exact) mass is 748 g/mol. The molecule has 0 saturated heterocycles. The minimum absolute atomic E-state index is 0.0268. The molecule has 4 rings (SSSR count). The fourth-order valence-electron chi connectivity index (χ4n) is 8.03. The number of hydrogen-bond acceptors (Lipinski definition) is 5. The summed E-state index contributed by atoms with van der Waals surface area (Å²) in [6, 6.07) is 4.94. The van der Waals surface area contributed by atoms with Gasteiger partial charge in [-0.25, -0.2) is 22.4 Å². The molecule has 1 atom stereocenters. The van der Waals surface area contributed by atoms with Crippen molar-refractivity contribution in [1.29, 1.82) is 0 Å². The van der Waals surface area contributed by atoms with E-state index in [1.165, 1.54) is 12.1 Å². The van der Waals surface area contributed by atoms with Gasteiger partial charge in [-0.1, -0.05) is 30.9 Å². The number of hydrogen-bond donors (Lipinski definition) is 1. The summed E-state index contributed by atoms with van der Waals surface area (Å²) in [7, 11) is 0. The van der Waals surface area contributed by atoms with Crippen molar-refractivity contribution in [2.24, 2.45) is 23.7 Å². The van der Waals surface area contributed by atoms with Gasteiger partial charge < -0.3 is 14.6 Å². The average Bonchev–Trinajstić information content (AvgIpc) is 3.14. The van der Waals surface area contributed by atoms with Crippen LogP contribution in [0.4, 0.5) is 22.0 Å². The van der Waals surface area contributed by atoms with E-state index in [9.17, 15) is 22.8 Å². The van der Waals surface area contributed by atoms with E-state index in [4.69, 9.17) is 14.6 Å². The molecule has 1 unspecified atom stereocenters. The van der Waals surface area contributed by atoms with Gasteiger partial charge in [0.15, 0.2) is 11.6 Å². The molecule has 1 N–H and O–H groups in total. The lowest BCUT2D eigenvalue weighted by Gasteiger charge is -2.40. The summed E-state index contributed by atoms with van der Waals surface area (Å²) >= 11 is 0. The molecule has 2 fully saturated rings. The Hall–Kier alpha value is -3.53. The largest absolute Gasteiger partial charge is 0.468 e. The van der Waals surface area contributed by atoms with Crippen LogP contribution in [0, 0.1) is 46.9 Å². The first-order chi connectivity index (χ1) is 25.4. The van der Waals surface area contributed by atoms with E-state index < -0.39 is 29.9 Å². The molecule has 2 saturated carbocycles. The number of carbonyl (C=O) groups is 2. The smallest absolute Gasteiger partial charge is 0.333 e. The van der Waals surface area contributed by atoms with Crippen LogP contribution in [0.5, 0.6) is 0 Å². The second kappa shape index (κ2) is 22.6. The fourth-order valence-corrected chi connectivity index (χ4v) is 8.03. The third-order valence-corrected chi connectivity index (χ3v) is 11.0. The van der Waals surface area contributed by atoms with E-state index in [0.29, 0.717) is 68.2 Å². The molecule has 0 radical (unpaired) electrons. The van der Waals surface area contributed by atoms with Crippen LogP contribution >= 0.6 is 0 Å². The van der Waals surface area contributed by atoms with E-state index >= 15 is 8.78 Å². The quantitative estimate of drug-likeness (QED) is 0.0410. The number of halogens is 5. The summed E-state index contributed by atoms with van der Waals surface area (Å²) in [5.74, 6) is -2.42. The number of benzene rings is 2. The molecule has 294 valence electrons. The van der Waals surface area contributed by atoms with Gasteiger partial charge in [-0.05, 0) is 157 Å². The number of rotatable bonds is 18. The first kappa shape index (κ1) is 43.9. The highest BCUT2D eigenvalue weighted by Crippen LogP contribution is 2.47. The summed E-state index contributed by atoms with van der Waals surface area (Å²) in [4.78, 5) is 22.4. The number of ether oxygens (including phenoxy) is 2. The molecule has 0 aliphatic heterocycles. The van der Waals surface area contributed by atoms with Crippen LogP contribution in [-0.4, -0.2) is 44.0 Å². The first-order valence-corrected chi connectivity index (χ1v) is 19.1. The van der Waals surface area contributed by atoms with Crippen LogP contribution in [0.25, 0.3) is 11.1 Å². The molecule has 0 spiro atoms. The van der Waals surface area contributed by atoms with Crippen molar-refractivity contribution in [2.75, 3.05) is 26.5 Å². The van der Waals surface area contributed by atoms with E-state index in [1.54, 1.807) is 13.8 Å². The standard InChI is InChI=1S/C39H49F5O4.C4H8O/c1-25(2)39(46)48-20-5-7-26(18-21-47-24-45)27-8-10-28(11-9-27)29-12-14-30(15-13-29)36-34(41)22-32(23-35(36)42)33-17-16-31(6-3-4-19-40)37(43)38(33)44;1-4(2)3-5/h16-17,22-24,26-30H,1,3-15,18-21H2,2H3;5H,1,3H2,2H3. The molecule has 2 aliphatic rings. The zero-order valence-electron chi connectivity index (χ0n) is 31.4. The van der Waals surface area contributed by atoms with Crippen molar-refractivity contribution in [2.45, 2.75) is 110 Å². The normalized spacial score (nSPS) is 20.5. The summed E-state index contributed by atoms with van der Waals surface area (Å²) < 4.78 is 83.1. The van der Waals surface area contributed by atoms with Gasteiger partial charge in [0.1, 0.15) is 11.6 Å². The summed E-state index contributed by atoms with van der Waals surface area (Å²) in [5, 5.41) is 8.04. The Labute approximate surface area is 312 Å². The third kappa shape index (κ3) is 13.4. The molecule has 5 nitrogen and oxygen atoms in total. The number of alkyl halides is 1. The number of aryl methyl sites for hydroxylation is 1. The van der Waals surface area contributed by atoms with Crippen molar-refractivity contribution < 1.29 is 46.1 Å². The van der Waals surface area contributed by atoms with Crippen molar-refractivity contribution in [3.05, 3.63) is 83.0 Å². The molecule has 2 aromatic carbocycles. The molecular formula is C43H57F5O5. The molecular weight excluding hydrogens is 691 g/mol. The van der Waals surface area contributed by atoms with Gasteiger partial charge in [-0.3, -0.25) is 9.18 Å². The highest BCUT2D eigenvalue weighted by molar-refractivity contribution is 5.86. The van der Waals surface area contributed by atoms with Crippen molar-refractivity contribution in [1.82, 2.24) is 0 Å². The van der Waals surface area contributed by atoms with Crippen molar-refractivity contribution in [3.8, 4) is 11.1 Å². The number of unbranched alkanes of at least 4 members (excludes halogenated alkanes) is 1. The Morgan fingerprint density at radius 2 is 1.47 bits per heavy atom. The van der Waals surface area contributed by atoms with Gasteiger partial charge in [0, 0.05) is 16.7 Å². The maximum Gasteiger partial charge on any atom is 0.333 e. The van der Waals surface area contributed by atoms with E-state index in [2.05, 4.69) is 13.2 Å². The summed E-state index contributed by atoms with van der Waals surface area (Å²) in [5.41, 5.74) is 1.09. The third-order valence-electron chi connectivity index (χ3n) is 11.0. The SMILES string of the molecule is C=C(C)C(=O)OCCCC(CCOC=O)C1CCC(C2CCC(c3c(F)cc(-c4ccc(CCCCF)c(F)c4F)cc3F)CC2)CC1.C=C(C)CO. The highest BCUT2D eigenvalue weighted by Gasteiger charge is 2.35. The molecule has 2 aliphatic carbocycles. The Balaban J connectivity index is 0.00000141. The lowest BCUT2D eigenvalue weighted by molar-refractivity contribution is -0.139. The Kier molecular flexibility index (Phi) is 18.7. The lowest BCUT2D eigenvalue weighted by atomic mass is 9.66. The lowest BCUT2D eigenvalue weighted by Crippen LogP contribution is -2.29. The fraction of sp³-hybridized carbons (Fsp3) is 0.581. The summed E-state index contributed by atoms with van der Waals surface area (Å²) in [6.07, 6.45) is 10.6. The van der Waals surface area contributed by atoms with Crippen LogP contribution < -0.4 is 0 Å². The number of aliphatic hydroxyl groups is 1. The van der Waals surface area contributed by atoms with E-state index in [0.717, 1.165) is 75.5 Å². The Morgan fingerprint density at radius 1 is 0.868 bits per heavy atom. The number of carbonyl (C=O) groups excluding carboxylic acids is 2. The Bertz CT molecular complexity index is 1470. The topological polar surface area (TPSA) is 72.8 Å². The number of aliphatic hydroxyl groups excluding tert-OH is 1. The zero-order chi connectivity index (χ0) is 38.9. The predicted molar refractivity (Wildman–Crippen MR) is 198 cm³/mol. The molecule has 53 heavy (non-hydrogen) atoms. The second-order valence-electron chi connectivity index (χ2n) is 14.9. The minimum Gasteiger partial charge on any atom is -0.468 e. The zero-order valence-corrected chi connectivity index (χ0v) is 31.4. The van der Waals surface area contributed by atoms with Crippen molar-refractivity contribution >= 4 is 12.4 Å². The van der Waals surface area contributed by atoms with Crippen LogP contribution in [0.2, 0.25) is 0 Å².